The molecule has 2 bridgehead atoms. The van der Waals surface area contributed by atoms with Gasteiger partial charge in [-0.3, -0.25) is 9.59 Å². The van der Waals surface area contributed by atoms with Gasteiger partial charge in [0.15, 0.2) is 0 Å². The summed E-state index contributed by atoms with van der Waals surface area (Å²) in [5.41, 5.74) is 12.4. The van der Waals surface area contributed by atoms with E-state index in [1.54, 1.807) is 5.57 Å². The number of fused-ring (bicyclic) bond motifs is 2. The van der Waals surface area contributed by atoms with Crippen molar-refractivity contribution >= 4 is 11.8 Å². The van der Waals surface area contributed by atoms with Crippen LogP contribution in [0.15, 0.2) is 35.9 Å². The van der Waals surface area contributed by atoms with Crippen molar-refractivity contribution in [2.45, 2.75) is 25.7 Å². The second-order valence-electron chi connectivity index (χ2n) is 5.01. The normalized spacial score (nSPS) is 19.4. The number of hydrogen-bond donors (Lipinski definition) is 2. The monoisotopic (exact) mass is 258 g/mol. The first-order valence-electron chi connectivity index (χ1n) is 6.44. The van der Waals surface area contributed by atoms with E-state index in [0.29, 0.717) is 11.1 Å². The average Bonchev–Trinajstić information content (AvgIpc) is 3.04. The van der Waals surface area contributed by atoms with Crippen molar-refractivity contribution in [3.05, 3.63) is 47.0 Å². The lowest BCUT2D eigenvalue weighted by Gasteiger charge is -1.98. The van der Waals surface area contributed by atoms with Gasteiger partial charge in [-0.25, -0.2) is 0 Å². The van der Waals surface area contributed by atoms with Crippen LogP contribution in [0.5, 0.6) is 0 Å². The van der Waals surface area contributed by atoms with E-state index in [-0.39, 0.29) is 0 Å². The fourth-order valence-corrected chi connectivity index (χ4v) is 2.48. The third-order valence-electron chi connectivity index (χ3n) is 3.62. The topological polar surface area (TPSA) is 86.2 Å². The zero-order valence-electron chi connectivity index (χ0n) is 10.8. The summed E-state index contributed by atoms with van der Waals surface area (Å²) in [7, 11) is 0. The molecular weight excluding hydrogens is 240 g/mol. The van der Waals surface area contributed by atoms with Crippen LogP contribution in [-0.4, -0.2) is 11.8 Å². The minimum absolute atomic E-state index is 0.361. The molecule has 0 aliphatic heterocycles. The van der Waals surface area contributed by atoms with Crippen LogP contribution in [-0.2, 0) is 0 Å². The van der Waals surface area contributed by atoms with Crippen molar-refractivity contribution in [3.63, 3.8) is 0 Å². The van der Waals surface area contributed by atoms with Gasteiger partial charge in [-0.05, 0) is 55.9 Å². The Kier molecular flexibility index (Phi) is 4.00. The molecule has 4 nitrogen and oxygen atoms in total. The van der Waals surface area contributed by atoms with Crippen LogP contribution in [0.3, 0.4) is 0 Å². The molecule has 2 aliphatic rings. The van der Waals surface area contributed by atoms with Gasteiger partial charge in [0, 0.05) is 11.1 Å². The zero-order chi connectivity index (χ0) is 13.8. The molecule has 1 fully saturated rings. The molecule has 1 saturated carbocycles. The minimum atomic E-state index is -0.522. The number of carbonyl (C=O) groups excluding carboxylic acids is 2. The molecular formula is C15H18N2O2. The molecule has 0 aromatic heterocycles. The van der Waals surface area contributed by atoms with E-state index in [0.717, 1.165) is 5.92 Å². The molecule has 19 heavy (non-hydrogen) atoms. The van der Waals surface area contributed by atoms with Crippen molar-refractivity contribution < 1.29 is 9.59 Å². The lowest BCUT2D eigenvalue weighted by molar-refractivity contribution is 0.0988. The number of amides is 2. The molecule has 0 saturated heterocycles. The Balaban J connectivity index is 0.000000159. The van der Waals surface area contributed by atoms with E-state index >= 15 is 0 Å². The number of benzene rings is 1. The predicted octanol–water partition coefficient (Wildman–Crippen LogP) is 2.00. The van der Waals surface area contributed by atoms with Crippen LogP contribution in [0.2, 0.25) is 0 Å². The molecule has 1 aromatic carbocycles. The van der Waals surface area contributed by atoms with Crippen molar-refractivity contribution in [1.82, 2.24) is 0 Å². The van der Waals surface area contributed by atoms with E-state index in [2.05, 4.69) is 6.08 Å². The Labute approximate surface area is 112 Å². The summed E-state index contributed by atoms with van der Waals surface area (Å²) in [6.45, 7) is 0. The number of primary amides is 2. The quantitative estimate of drug-likeness (QED) is 0.795. The van der Waals surface area contributed by atoms with Crippen molar-refractivity contribution in [1.29, 1.82) is 0 Å². The van der Waals surface area contributed by atoms with Crippen LogP contribution in [0, 0.1) is 5.92 Å². The molecule has 100 valence electrons. The molecule has 2 amide bonds. The fourth-order valence-electron chi connectivity index (χ4n) is 2.48. The second kappa shape index (κ2) is 5.69. The third-order valence-corrected chi connectivity index (χ3v) is 3.62. The molecule has 3 rings (SSSR count). The maximum absolute atomic E-state index is 10.6. The van der Waals surface area contributed by atoms with Gasteiger partial charge in [0.25, 0.3) is 0 Å². The molecule has 2 aliphatic carbocycles. The summed E-state index contributed by atoms with van der Waals surface area (Å²) < 4.78 is 0. The number of allylic oxidation sites excluding steroid dienone is 2. The smallest absolute Gasteiger partial charge is 0.248 e. The van der Waals surface area contributed by atoms with Crippen LogP contribution < -0.4 is 11.5 Å². The maximum atomic E-state index is 10.6. The lowest BCUT2D eigenvalue weighted by atomic mass is 10.1. The van der Waals surface area contributed by atoms with Crippen LogP contribution in [0.1, 0.15) is 46.4 Å². The molecule has 4 N–H and O–H groups in total. The number of carbonyl (C=O) groups is 2. The second-order valence-corrected chi connectivity index (χ2v) is 5.01. The highest BCUT2D eigenvalue weighted by molar-refractivity contribution is 5.96. The van der Waals surface area contributed by atoms with Gasteiger partial charge in [0.2, 0.25) is 11.8 Å². The first-order valence-corrected chi connectivity index (χ1v) is 6.44. The molecule has 0 radical (unpaired) electrons. The summed E-state index contributed by atoms with van der Waals surface area (Å²) in [5, 5.41) is 0. The molecule has 1 unspecified atom stereocenters. The van der Waals surface area contributed by atoms with Gasteiger partial charge < -0.3 is 11.5 Å². The summed E-state index contributed by atoms with van der Waals surface area (Å²) in [4.78, 5) is 21.2. The number of nitrogens with two attached hydrogens (primary N) is 2. The highest BCUT2D eigenvalue weighted by Gasteiger charge is 2.22. The third kappa shape index (κ3) is 3.44. The average molecular weight is 258 g/mol. The van der Waals surface area contributed by atoms with Gasteiger partial charge in [-0.1, -0.05) is 11.6 Å². The summed E-state index contributed by atoms with van der Waals surface area (Å²) >= 11 is 0. The first kappa shape index (κ1) is 13.3. The summed E-state index contributed by atoms with van der Waals surface area (Å²) in [6, 6.07) is 5.84. The molecule has 1 atom stereocenters. The van der Waals surface area contributed by atoms with Crippen LogP contribution in [0.25, 0.3) is 0 Å². The predicted molar refractivity (Wildman–Crippen MR) is 73.5 cm³/mol. The number of rotatable bonds is 2. The maximum Gasteiger partial charge on any atom is 0.248 e. The number of hydrogen-bond acceptors (Lipinski definition) is 2. The van der Waals surface area contributed by atoms with E-state index in [4.69, 9.17) is 11.5 Å². The van der Waals surface area contributed by atoms with Crippen LogP contribution >= 0.6 is 0 Å². The Hall–Kier alpha value is -2.10. The van der Waals surface area contributed by atoms with Gasteiger partial charge in [0.1, 0.15) is 0 Å². The fraction of sp³-hybridized carbons (Fsp3) is 0.333. The standard InChI is InChI=1S/C8H8N2O2.C7H10/c9-7(11)5-1-2-6(4-3-5)8(10)12;1-2-7-4-3-6(1)5-7/h1-4H,(H2,9,11)(H2,10,12);1,7H,2-5H2. The van der Waals surface area contributed by atoms with E-state index in [1.165, 1.54) is 49.9 Å². The van der Waals surface area contributed by atoms with E-state index in [9.17, 15) is 9.59 Å². The Morgan fingerprint density at radius 3 is 1.68 bits per heavy atom. The van der Waals surface area contributed by atoms with E-state index in [1.807, 2.05) is 0 Å². The zero-order valence-corrected chi connectivity index (χ0v) is 10.8. The lowest BCUT2D eigenvalue weighted by Crippen LogP contribution is -2.13. The summed E-state index contributed by atoms with van der Waals surface area (Å²) in [5.74, 6) is 0.0343. The molecule has 0 spiro atoms. The van der Waals surface area contributed by atoms with E-state index < -0.39 is 11.8 Å². The molecule has 4 heteroatoms. The van der Waals surface area contributed by atoms with Gasteiger partial charge in [0.05, 0.1) is 0 Å². The van der Waals surface area contributed by atoms with Gasteiger partial charge >= 0.3 is 0 Å². The Bertz CT molecular complexity index is 484. The first-order chi connectivity index (χ1) is 9.06. The Morgan fingerprint density at radius 1 is 1.00 bits per heavy atom. The molecule has 1 aromatic rings. The van der Waals surface area contributed by atoms with Crippen molar-refractivity contribution in [2.24, 2.45) is 17.4 Å². The van der Waals surface area contributed by atoms with Gasteiger partial charge in [-0.2, -0.15) is 0 Å². The van der Waals surface area contributed by atoms with Crippen molar-refractivity contribution in [2.75, 3.05) is 0 Å². The largest absolute Gasteiger partial charge is 0.366 e. The highest BCUT2D eigenvalue weighted by atomic mass is 16.1. The van der Waals surface area contributed by atoms with Crippen LogP contribution in [0.4, 0.5) is 0 Å². The van der Waals surface area contributed by atoms with Crippen molar-refractivity contribution in [3.8, 4) is 0 Å². The SMILES string of the molecule is C1=C2CCC(C1)C2.NC(=O)c1ccc(C(N)=O)cc1. The van der Waals surface area contributed by atoms with Gasteiger partial charge in [-0.15, -0.1) is 0 Å². The molecule has 0 heterocycles. The minimum Gasteiger partial charge on any atom is -0.366 e. The Morgan fingerprint density at radius 2 is 1.53 bits per heavy atom. The summed E-state index contributed by atoms with van der Waals surface area (Å²) in [6.07, 6.45) is 8.18. The highest BCUT2D eigenvalue weighted by Crippen LogP contribution is 2.38.